The molecule has 9 heteroatoms. The molecule has 2 aromatic rings. The highest BCUT2D eigenvalue weighted by Gasteiger charge is 2.29. The molecule has 0 atom stereocenters. The molecular formula is C19H24N4O3S2. The number of amidine groups is 1. The Morgan fingerprint density at radius 3 is 2.79 bits per heavy atom. The number of sulfonamides is 1. The van der Waals surface area contributed by atoms with Gasteiger partial charge in [-0.2, -0.15) is 0 Å². The van der Waals surface area contributed by atoms with Crippen molar-refractivity contribution in [2.45, 2.75) is 50.8 Å². The molecule has 0 fully saturated rings. The minimum Gasteiger partial charge on any atom is -0.302 e. The molecule has 0 saturated heterocycles. The first-order valence-electron chi connectivity index (χ1n) is 9.33. The number of aliphatic imine (C=N–C) groups is 1. The zero-order valence-electron chi connectivity index (χ0n) is 16.0. The minimum atomic E-state index is -3.49. The van der Waals surface area contributed by atoms with Crippen molar-refractivity contribution >= 4 is 38.2 Å². The van der Waals surface area contributed by atoms with Gasteiger partial charge in [0.25, 0.3) is 10.0 Å². The predicted octanol–water partition coefficient (Wildman–Crippen LogP) is 3.25. The molecule has 1 aliphatic heterocycles. The minimum absolute atomic E-state index is 0.0276. The summed E-state index contributed by atoms with van der Waals surface area (Å²) in [4.78, 5) is 22.2. The maximum absolute atomic E-state index is 12.0. The van der Waals surface area contributed by atoms with Gasteiger partial charge in [-0.1, -0.05) is 25.5 Å². The topological polar surface area (TPSA) is 101 Å². The van der Waals surface area contributed by atoms with Gasteiger partial charge in [-0.3, -0.25) is 14.5 Å². The van der Waals surface area contributed by atoms with Crippen molar-refractivity contribution in [2.24, 2.45) is 4.99 Å². The fraction of sp³-hybridized carbons (Fsp3) is 0.421. The van der Waals surface area contributed by atoms with Gasteiger partial charge >= 0.3 is 0 Å². The summed E-state index contributed by atoms with van der Waals surface area (Å²) in [6.07, 6.45) is 3.68. The normalized spacial score (nSPS) is 16.0. The molecular weight excluding hydrogens is 396 g/mol. The van der Waals surface area contributed by atoms with Gasteiger partial charge in [-0.25, -0.2) is 13.4 Å². The summed E-state index contributed by atoms with van der Waals surface area (Å²) in [6.45, 7) is 4.57. The molecule has 2 N–H and O–H groups in total. The molecule has 7 nitrogen and oxygen atoms in total. The van der Waals surface area contributed by atoms with Crippen LogP contribution in [0.25, 0.3) is 0 Å². The average molecular weight is 421 g/mol. The Kier molecular flexibility index (Phi) is 6.46. The molecule has 1 aromatic carbocycles. The van der Waals surface area contributed by atoms with E-state index in [-0.39, 0.29) is 10.8 Å². The van der Waals surface area contributed by atoms with Crippen LogP contribution in [0.3, 0.4) is 0 Å². The number of hydrogen-bond acceptors (Lipinski definition) is 6. The number of hydrogen-bond donors (Lipinski definition) is 2. The van der Waals surface area contributed by atoms with E-state index in [1.807, 2.05) is 13.8 Å². The summed E-state index contributed by atoms with van der Waals surface area (Å²) >= 11 is 1.51. The highest BCUT2D eigenvalue weighted by Crippen LogP contribution is 2.23. The molecule has 1 aliphatic rings. The van der Waals surface area contributed by atoms with Gasteiger partial charge in [0.1, 0.15) is 5.84 Å². The smallest absolute Gasteiger partial charge is 0.263 e. The van der Waals surface area contributed by atoms with Crippen LogP contribution in [0.15, 0.2) is 34.2 Å². The monoisotopic (exact) mass is 420 g/mol. The van der Waals surface area contributed by atoms with Gasteiger partial charge < -0.3 is 5.32 Å². The van der Waals surface area contributed by atoms with E-state index in [2.05, 4.69) is 20.0 Å². The van der Waals surface area contributed by atoms with E-state index in [1.165, 1.54) is 11.3 Å². The number of aromatic nitrogens is 1. The number of carbonyl (C=O) groups is 1. The SMILES string of the molecule is CCc1nc(NC(=O)CCCCCN=C2NS(=O)(=O)c3ccccc32)sc1C. The molecule has 0 unspecified atom stereocenters. The van der Waals surface area contributed by atoms with Crippen LogP contribution in [-0.2, 0) is 21.2 Å². The summed E-state index contributed by atoms with van der Waals surface area (Å²) in [5, 5.41) is 3.52. The largest absolute Gasteiger partial charge is 0.302 e. The number of aryl methyl sites for hydroxylation is 2. The number of nitrogens with zero attached hydrogens (tertiary/aromatic N) is 2. The Morgan fingerprint density at radius 2 is 2.04 bits per heavy atom. The number of thiazole rings is 1. The number of unbranched alkanes of at least 4 members (excludes halogenated alkanes) is 2. The third-order valence-electron chi connectivity index (χ3n) is 4.47. The Hall–Kier alpha value is -2.26. The summed E-state index contributed by atoms with van der Waals surface area (Å²) < 4.78 is 26.5. The van der Waals surface area contributed by atoms with Crippen molar-refractivity contribution in [3.8, 4) is 0 Å². The Bertz CT molecular complexity index is 996. The summed E-state index contributed by atoms with van der Waals surface area (Å²) in [6, 6.07) is 6.82. The lowest BCUT2D eigenvalue weighted by Crippen LogP contribution is -2.22. The fourth-order valence-corrected chi connectivity index (χ4v) is 5.18. The van der Waals surface area contributed by atoms with Crippen LogP contribution < -0.4 is 10.0 Å². The van der Waals surface area contributed by atoms with Crippen molar-refractivity contribution in [1.29, 1.82) is 0 Å². The Labute approximate surface area is 169 Å². The molecule has 0 aliphatic carbocycles. The molecule has 0 saturated carbocycles. The second-order valence-corrected chi connectivity index (χ2v) is 9.42. The van der Waals surface area contributed by atoms with Crippen molar-refractivity contribution in [1.82, 2.24) is 9.71 Å². The van der Waals surface area contributed by atoms with Crippen LogP contribution in [0.2, 0.25) is 0 Å². The number of nitrogens with one attached hydrogen (secondary N) is 2. The lowest BCUT2D eigenvalue weighted by molar-refractivity contribution is -0.116. The molecule has 1 aromatic heterocycles. The first kappa shape index (κ1) is 20.5. The molecule has 150 valence electrons. The van der Waals surface area contributed by atoms with Crippen molar-refractivity contribution < 1.29 is 13.2 Å². The van der Waals surface area contributed by atoms with E-state index in [9.17, 15) is 13.2 Å². The van der Waals surface area contributed by atoms with Crippen LogP contribution in [0, 0.1) is 6.92 Å². The standard InChI is InChI=1S/C19H24N4O3S2/c1-3-15-13(2)27-19(21-15)22-17(24)11-5-4-8-12-20-18-14-9-6-7-10-16(14)28(25,26)23-18/h6-7,9-10H,3-5,8,11-12H2,1-2H3,(H,20,23)(H,21,22,24). The Morgan fingerprint density at radius 1 is 1.25 bits per heavy atom. The maximum Gasteiger partial charge on any atom is 0.263 e. The number of benzene rings is 1. The number of anilines is 1. The number of carbonyl (C=O) groups excluding carboxylic acids is 1. The maximum atomic E-state index is 12.0. The first-order valence-corrected chi connectivity index (χ1v) is 11.6. The zero-order valence-corrected chi connectivity index (χ0v) is 17.6. The Balaban J connectivity index is 1.41. The van der Waals surface area contributed by atoms with Gasteiger partial charge in [-0.05, 0) is 38.3 Å². The van der Waals surface area contributed by atoms with Gasteiger partial charge in [0.2, 0.25) is 5.91 Å². The van der Waals surface area contributed by atoms with Crippen molar-refractivity contribution in [2.75, 3.05) is 11.9 Å². The highest BCUT2D eigenvalue weighted by molar-refractivity contribution is 7.90. The molecule has 1 amide bonds. The van der Waals surface area contributed by atoms with Gasteiger partial charge in [0, 0.05) is 23.4 Å². The first-order chi connectivity index (χ1) is 13.4. The van der Waals surface area contributed by atoms with E-state index in [4.69, 9.17) is 0 Å². The van der Waals surface area contributed by atoms with E-state index in [1.54, 1.807) is 24.3 Å². The number of amides is 1. The summed E-state index contributed by atoms with van der Waals surface area (Å²) in [5.41, 5.74) is 1.65. The average Bonchev–Trinajstić information content (AvgIpc) is 3.14. The molecule has 0 radical (unpaired) electrons. The van der Waals surface area contributed by atoms with Gasteiger partial charge in [0.15, 0.2) is 5.13 Å². The third kappa shape index (κ3) is 4.77. The molecule has 3 rings (SSSR count). The lowest BCUT2D eigenvalue weighted by atomic mass is 10.2. The number of rotatable bonds is 8. The fourth-order valence-electron chi connectivity index (χ4n) is 3.01. The van der Waals surface area contributed by atoms with Crippen molar-refractivity contribution in [3.05, 3.63) is 40.4 Å². The molecule has 0 spiro atoms. The summed E-state index contributed by atoms with van der Waals surface area (Å²) in [7, 11) is -3.49. The highest BCUT2D eigenvalue weighted by atomic mass is 32.2. The third-order valence-corrected chi connectivity index (χ3v) is 6.79. The van der Waals surface area contributed by atoms with E-state index in [0.717, 1.165) is 36.3 Å². The van der Waals surface area contributed by atoms with Crippen LogP contribution >= 0.6 is 11.3 Å². The predicted molar refractivity (Wildman–Crippen MR) is 111 cm³/mol. The van der Waals surface area contributed by atoms with Gasteiger partial charge in [-0.15, -0.1) is 11.3 Å². The van der Waals surface area contributed by atoms with E-state index in [0.29, 0.717) is 29.5 Å². The quantitative estimate of drug-likeness (QED) is 0.640. The van der Waals surface area contributed by atoms with Crippen LogP contribution in [-0.4, -0.2) is 31.7 Å². The van der Waals surface area contributed by atoms with E-state index >= 15 is 0 Å². The van der Waals surface area contributed by atoms with Gasteiger partial charge in [0.05, 0.1) is 10.6 Å². The lowest BCUT2D eigenvalue weighted by Gasteiger charge is -2.02. The molecule has 28 heavy (non-hydrogen) atoms. The molecule has 0 bridgehead atoms. The summed E-state index contributed by atoms with van der Waals surface area (Å²) in [5.74, 6) is 0.374. The van der Waals surface area contributed by atoms with Crippen molar-refractivity contribution in [3.63, 3.8) is 0 Å². The zero-order chi connectivity index (χ0) is 20.1. The van der Waals surface area contributed by atoms with Crippen LogP contribution in [0.5, 0.6) is 0 Å². The van der Waals surface area contributed by atoms with E-state index < -0.39 is 10.0 Å². The van der Waals surface area contributed by atoms with Crippen LogP contribution in [0.1, 0.15) is 48.7 Å². The second-order valence-electron chi connectivity index (χ2n) is 6.57. The number of fused-ring (bicyclic) bond motifs is 1. The second kappa shape index (κ2) is 8.83. The van der Waals surface area contributed by atoms with Crippen LogP contribution in [0.4, 0.5) is 5.13 Å². The molecule has 2 heterocycles.